The first-order valence-corrected chi connectivity index (χ1v) is 5.83. The topological polar surface area (TPSA) is 54.0 Å². The Labute approximate surface area is 106 Å². The van der Waals surface area contributed by atoms with Crippen LogP contribution in [0.15, 0.2) is 54.9 Å². The van der Waals surface area contributed by atoms with Crippen LogP contribution in [-0.2, 0) is 4.79 Å². The Hall–Kier alpha value is -2.36. The molecule has 4 heteroatoms. The molecule has 0 unspecified atom stereocenters. The van der Waals surface area contributed by atoms with Crippen molar-refractivity contribution in [3.8, 4) is 0 Å². The van der Waals surface area contributed by atoms with Gasteiger partial charge in [-0.3, -0.25) is 9.78 Å². The summed E-state index contributed by atoms with van der Waals surface area (Å²) >= 11 is 0. The summed E-state index contributed by atoms with van der Waals surface area (Å²) in [4.78, 5) is 15.6. The van der Waals surface area contributed by atoms with Gasteiger partial charge in [0.2, 0.25) is 5.91 Å². The van der Waals surface area contributed by atoms with Crippen LogP contribution < -0.4 is 10.6 Å². The van der Waals surface area contributed by atoms with Crippen LogP contribution in [0.3, 0.4) is 0 Å². The van der Waals surface area contributed by atoms with Gasteiger partial charge in [-0.25, -0.2) is 0 Å². The molecule has 0 fully saturated rings. The van der Waals surface area contributed by atoms with Crippen LogP contribution in [0.2, 0.25) is 0 Å². The number of anilines is 2. The molecule has 1 amide bonds. The fraction of sp³-hybridized carbons (Fsp3) is 0.143. The number of pyridine rings is 1. The summed E-state index contributed by atoms with van der Waals surface area (Å²) in [5.41, 5.74) is 1.74. The van der Waals surface area contributed by atoms with E-state index < -0.39 is 0 Å². The molecule has 0 aliphatic rings. The number of rotatable bonds is 5. The summed E-state index contributed by atoms with van der Waals surface area (Å²) in [7, 11) is 0. The van der Waals surface area contributed by atoms with Gasteiger partial charge in [0.1, 0.15) is 0 Å². The van der Waals surface area contributed by atoms with Crippen molar-refractivity contribution < 1.29 is 4.79 Å². The highest BCUT2D eigenvalue weighted by Gasteiger charge is 2.01. The second kappa shape index (κ2) is 6.39. The summed E-state index contributed by atoms with van der Waals surface area (Å²) in [6.45, 7) is 0.607. The van der Waals surface area contributed by atoms with Gasteiger partial charge in [-0.1, -0.05) is 18.2 Å². The number of benzene rings is 1. The molecule has 2 aromatic rings. The van der Waals surface area contributed by atoms with Crippen molar-refractivity contribution in [3.63, 3.8) is 0 Å². The lowest BCUT2D eigenvalue weighted by atomic mass is 10.3. The Balaban J connectivity index is 1.73. The summed E-state index contributed by atoms with van der Waals surface area (Å²) in [5, 5.41) is 5.97. The zero-order valence-corrected chi connectivity index (χ0v) is 9.97. The molecule has 0 atom stereocenters. The number of hydrogen-bond acceptors (Lipinski definition) is 3. The van der Waals surface area contributed by atoms with E-state index in [4.69, 9.17) is 0 Å². The predicted octanol–water partition coefficient (Wildman–Crippen LogP) is 2.52. The first-order chi connectivity index (χ1) is 8.84. The molecule has 0 bridgehead atoms. The van der Waals surface area contributed by atoms with E-state index >= 15 is 0 Å². The average molecular weight is 241 g/mol. The minimum Gasteiger partial charge on any atom is -0.385 e. The van der Waals surface area contributed by atoms with Gasteiger partial charge in [0.15, 0.2) is 0 Å². The highest BCUT2D eigenvalue weighted by Crippen LogP contribution is 2.06. The number of hydrogen-bond donors (Lipinski definition) is 2. The third-order valence-electron chi connectivity index (χ3n) is 2.40. The SMILES string of the molecule is O=C(CCNc1ccccc1)Nc1cccnc1. The summed E-state index contributed by atoms with van der Waals surface area (Å²) in [6.07, 6.45) is 3.72. The van der Waals surface area contributed by atoms with Crippen LogP contribution in [-0.4, -0.2) is 17.4 Å². The van der Waals surface area contributed by atoms with Crippen molar-refractivity contribution in [2.75, 3.05) is 17.2 Å². The number of aromatic nitrogens is 1. The first kappa shape index (κ1) is 12.1. The average Bonchev–Trinajstić information content (AvgIpc) is 2.41. The second-order valence-corrected chi connectivity index (χ2v) is 3.83. The van der Waals surface area contributed by atoms with Crippen LogP contribution >= 0.6 is 0 Å². The third-order valence-corrected chi connectivity index (χ3v) is 2.40. The molecule has 0 spiro atoms. The van der Waals surface area contributed by atoms with Crippen molar-refractivity contribution in [2.45, 2.75) is 6.42 Å². The molecule has 2 N–H and O–H groups in total. The molecule has 0 saturated carbocycles. The molecule has 4 nitrogen and oxygen atoms in total. The Kier molecular flexibility index (Phi) is 4.30. The molecular formula is C14H15N3O. The quantitative estimate of drug-likeness (QED) is 0.845. The Morgan fingerprint density at radius 2 is 1.83 bits per heavy atom. The van der Waals surface area contributed by atoms with Gasteiger partial charge < -0.3 is 10.6 Å². The highest BCUT2D eigenvalue weighted by molar-refractivity contribution is 5.90. The van der Waals surface area contributed by atoms with Crippen molar-refractivity contribution >= 4 is 17.3 Å². The fourth-order valence-electron chi connectivity index (χ4n) is 1.54. The monoisotopic (exact) mass is 241 g/mol. The van der Waals surface area contributed by atoms with Crippen molar-refractivity contribution in [1.82, 2.24) is 4.98 Å². The standard InChI is InChI=1S/C14H15N3O/c18-14(17-13-7-4-9-15-11-13)8-10-16-12-5-2-1-3-6-12/h1-7,9,11,16H,8,10H2,(H,17,18). The van der Waals surface area contributed by atoms with Gasteiger partial charge >= 0.3 is 0 Å². The molecule has 1 heterocycles. The maximum absolute atomic E-state index is 11.6. The zero-order valence-electron chi connectivity index (χ0n) is 9.97. The third kappa shape index (κ3) is 3.90. The number of carbonyl (C=O) groups excluding carboxylic acids is 1. The number of para-hydroxylation sites is 1. The predicted molar refractivity (Wildman–Crippen MR) is 72.4 cm³/mol. The van der Waals surface area contributed by atoms with E-state index in [0.29, 0.717) is 13.0 Å². The Bertz CT molecular complexity index is 485. The normalized spacial score (nSPS) is 9.78. The summed E-state index contributed by atoms with van der Waals surface area (Å²) < 4.78 is 0. The molecular weight excluding hydrogens is 226 g/mol. The van der Waals surface area contributed by atoms with Crippen LogP contribution in [0, 0.1) is 0 Å². The molecule has 2 rings (SSSR count). The summed E-state index contributed by atoms with van der Waals surface area (Å²) in [6, 6.07) is 13.4. The van der Waals surface area contributed by atoms with E-state index in [1.165, 1.54) is 0 Å². The number of nitrogens with one attached hydrogen (secondary N) is 2. The lowest BCUT2D eigenvalue weighted by Gasteiger charge is -2.06. The van der Waals surface area contributed by atoms with Crippen LogP contribution in [0.1, 0.15) is 6.42 Å². The molecule has 92 valence electrons. The lowest BCUT2D eigenvalue weighted by molar-refractivity contribution is -0.115. The van der Waals surface area contributed by atoms with E-state index in [-0.39, 0.29) is 5.91 Å². The van der Waals surface area contributed by atoms with Gasteiger partial charge in [0.25, 0.3) is 0 Å². The van der Waals surface area contributed by atoms with Crippen LogP contribution in [0.4, 0.5) is 11.4 Å². The number of amides is 1. The van der Waals surface area contributed by atoms with Gasteiger partial charge in [-0.15, -0.1) is 0 Å². The van der Waals surface area contributed by atoms with E-state index in [2.05, 4.69) is 15.6 Å². The van der Waals surface area contributed by atoms with E-state index in [0.717, 1.165) is 11.4 Å². The molecule has 0 saturated heterocycles. The van der Waals surface area contributed by atoms with Crippen molar-refractivity contribution in [3.05, 3.63) is 54.9 Å². The maximum Gasteiger partial charge on any atom is 0.226 e. The van der Waals surface area contributed by atoms with Gasteiger partial charge in [-0.2, -0.15) is 0 Å². The second-order valence-electron chi connectivity index (χ2n) is 3.83. The minimum atomic E-state index is -0.0218. The molecule has 1 aromatic heterocycles. The fourth-order valence-corrected chi connectivity index (χ4v) is 1.54. The van der Waals surface area contributed by atoms with Crippen LogP contribution in [0.25, 0.3) is 0 Å². The largest absolute Gasteiger partial charge is 0.385 e. The van der Waals surface area contributed by atoms with Crippen molar-refractivity contribution in [2.24, 2.45) is 0 Å². The van der Waals surface area contributed by atoms with Gasteiger partial charge in [0.05, 0.1) is 11.9 Å². The first-order valence-electron chi connectivity index (χ1n) is 5.83. The number of carbonyl (C=O) groups is 1. The summed E-state index contributed by atoms with van der Waals surface area (Å²) in [5.74, 6) is -0.0218. The highest BCUT2D eigenvalue weighted by atomic mass is 16.1. The Morgan fingerprint density at radius 3 is 2.56 bits per heavy atom. The molecule has 18 heavy (non-hydrogen) atoms. The maximum atomic E-state index is 11.6. The molecule has 1 aromatic carbocycles. The van der Waals surface area contributed by atoms with E-state index in [1.54, 1.807) is 18.5 Å². The van der Waals surface area contributed by atoms with Crippen LogP contribution in [0.5, 0.6) is 0 Å². The molecule has 0 aliphatic carbocycles. The smallest absolute Gasteiger partial charge is 0.226 e. The van der Waals surface area contributed by atoms with Crippen molar-refractivity contribution in [1.29, 1.82) is 0 Å². The lowest BCUT2D eigenvalue weighted by Crippen LogP contribution is -2.16. The van der Waals surface area contributed by atoms with Gasteiger partial charge in [0, 0.05) is 24.8 Å². The Morgan fingerprint density at radius 1 is 1.06 bits per heavy atom. The number of nitrogens with zero attached hydrogens (tertiary/aromatic N) is 1. The van der Waals surface area contributed by atoms with E-state index in [1.807, 2.05) is 36.4 Å². The van der Waals surface area contributed by atoms with Gasteiger partial charge in [-0.05, 0) is 24.3 Å². The zero-order chi connectivity index (χ0) is 12.6. The molecule has 0 radical (unpaired) electrons. The molecule has 0 aliphatic heterocycles. The minimum absolute atomic E-state index is 0.0218. The van der Waals surface area contributed by atoms with E-state index in [9.17, 15) is 4.79 Å².